The lowest BCUT2D eigenvalue weighted by atomic mass is 9.83. The molecule has 0 bridgehead atoms. The van der Waals surface area contributed by atoms with Gasteiger partial charge in [-0.25, -0.2) is 0 Å². The summed E-state index contributed by atoms with van der Waals surface area (Å²) in [5, 5.41) is 8.35. The van der Waals surface area contributed by atoms with E-state index in [-0.39, 0.29) is 17.8 Å². The van der Waals surface area contributed by atoms with Gasteiger partial charge in [0, 0.05) is 17.5 Å². The van der Waals surface area contributed by atoms with Gasteiger partial charge in [-0.05, 0) is 75.1 Å². The Morgan fingerprint density at radius 1 is 1.09 bits per heavy atom. The molecule has 1 aromatic carbocycles. The van der Waals surface area contributed by atoms with Gasteiger partial charge in [-0.15, -0.1) is 5.10 Å². The fourth-order valence-electron chi connectivity index (χ4n) is 4.65. The van der Waals surface area contributed by atoms with Crippen LogP contribution < -0.4 is 9.47 Å². The molecule has 178 valence electrons. The van der Waals surface area contributed by atoms with E-state index in [1.807, 2.05) is 39.0 Å². The van der Waals surface area contributed by atoms with Crippen LogP contribution in [0.25, 0.3) is 11.1 Å². The van der Waals surface area contributed by atoms with Crippen molar-refractivity contribution >= 4 is 5.97 Å². The average molecular weight is 453 g/mol. The van der Waals surface area contributed by atoms with Crippen molar-refractivity contribution in [3.05, 3.63) is 36.0 Å². The summed E-state index contributed by atoms with van der Waals surface area (Å²) in [5.41, 5.74) is 2.49. The van der Waals surface area contributed by atoms with Crippen molar-refractivity contribution in [1.82, 2.24) is 10.2 Å². The van der Waals surface area contributed by atoms with E-state index in [1.54, 1.807) is 13.3 Å². The van der Waals surface area contributed by atoms with Gasteiger partial charge < -0.3 is 14.2 Å². The smallest absolute Gasteiger partial charge is 0.310 e. The molecule has 2 aliphatic rings. The van der Waals surface area contributed by atoms with Crippen LogP contribution in [0.4, 0.5) is 0 Å². The van der Waals surface area contributed by atoms with E-state index in [1.165, 1.54) is 25.7 Å². The molecule has 0 radical (unpaired) electrons. The van der Waals surface area contributed by atoms with Crippen LogP contribution in [0.5, 0.6) is 11.6 Å². The number of esters is 1. The highest BCUT2D eigenvalue weighted by Gasteiger charge is 2.47. The van der Waals surface area contributed by atoms with Gasteiger partial charge in [0.15, 0.2) is 0 Å². The van der Waals surface area contributed by atoms with Gasteiger partial charge in [0.2, 0.25) is 5.88 Å². The molecular formula is C27H36N2O4. The van der Waals surface area contributed by atoms with Crippen molar-refractivity contribution in [1.29, 1.82) is 0 Å². The molecule has 2 saturated carbocycles. The van der Waals surface area contributed by atoms with Crippen LogP contribution in [0.3, 0.4) is 0 Å². The molecule has 2 fully saturated rings. The third-order valence-electron chi connectivity index (χ3n) is 6.70. The highest BCUT2D eigenvalue weighted by Crippen LogP contribution is 2.52. The number of rotatable bonds is 7. The lowest BCUT2D eigenvalue weighted by molar-refractivity contribution is -0.156. The quantitative estimate of drug-likeness (QED) is 0.494. The normalized spacial score (nSPS) is 24.8. The highest BCUT2D eigenvalue weighted by molar-refractivity contribution is 5.78. The molecule has 2 aliphatic carbocycles. The van der Waals surface area contributed by atoms with E-state index < -0.39 is 5.60 Å². The van der Waals surface area contributed by atoms with E-state index in [0.29, 0.717) is 18.4 Å². The number of nitrogens with zero attached hydrogens (tertiary/aromatic N) is 2. The first kappa shape index (κ1) is 23.5. The first-order valence-corrected chi connectivity index (χ1v) is 12.1. The summed E-state index contributed by atoms with van der Waals surface area (Å²) in [7, 11) is 1.66. The monoisotopic (exact) mass is 452 g/mol. The molecule has 4 rings (SSSR count). The Balaban J connectivity index is 1.46. The van der Waals surface area contributed by atoms with Crippen molar-refractivity contribution in [2.24, 2.45) is 17.8 Å². The fraction of sp³-hybridized carbons (Fsp3) is 0.593. The zero-order valence-corrected chi connectivity index (χ0v) is 20.5. The third kappa shape index (κ3) is 6.04. The second-order valence-electron chi connectivity index (χ2n) is 10.7. The second-order valence-corrected chi connectivity index (χ2v) is 10.7. The molecule has 1 heterocycles. The predicted octanol–water partition coefficient (Wildman–Crippen LogP) is 5.80. The van der Waals surface area contributed by atoms with Crippen molar-refractivity contribution in [3.63, 3.8) is 0 Å². The maximum atomic E-state index is 12.5. The molecule has 1 aromatic heterocycles. The van der Waals surface area contributed by atoms with Gasteiger partial charge >= 0.3 is 5.97 Å². The summed E-state index contributed by atoms with van der Waals surface area (Å²) in [6.45, 7) is 8.71. The first-order valence-electron chi connectivity index (χ1n) is 12.1. The number of hydrogen-bond acceptors (Lipinski definition) is 6. The molecule has 6 heteroatoms. The SMILES string of the molecule is COc1ccc(-c2cnnc(OCC3CCC(C)CC3)c2)cc1[C@H]1C[C@@H]1C(=O)OC(C)(C)C. The Morgan fingerprint density at radius 3 is 2.55 bits per heavy atom. The lowest BCUT2D eigenvalue weighted by Crippen LogP contribution is -2.25. The molecule has 0 N–H and O–H groups in total. The Kier molecular flexibility index (Phi) is 6.91. The van der Waals surface area contributed by atoms with Crippen molar-refractivity contribution < 1.29 is 19.0 Å². The topological polar surface area (TPSA) is 70.5 Å². The molecule has 0 saturated heterocycles. The standard InChI is InChI=1S/C27H36N2O4/c1-17-6-8-18(9-7-17)16-32-25-13-20(15-28-29-25)19-10-11-24(31-5)22(12-19)21-14-23(21)26(30)33-27(2,3)4/h10-13,15,17-18,21,23H,6-9,14,16H2,1-5H3/t17?,18?,21-,23+/m1/s1. The van der Waals surface area contributed by atoms with Crippen molar-refractivity contribution in [3.8, 4) is 22.8 Å². The number of carbonyl (C=O) groups excluding carboxylic acids is 1. The third-order valence-corrected chi connectivity index (χ3v) is 6.70. The molecule has 0 unspecified atom stereocenters. The van der Waals surface area contributed by atoms with Gasteiger partial charge in [-0.3, -0.25) is 4.79 Å². The minimum absolute atomic E-state index is 0.106. The number of aromatic nitrogens is 2. The number of hydrogen-bond donors (Lipinski definition) is 0. The summed E-state index contributed by atoms with van der Waals surface area (Å²) < 4.78 is 17.2. The maximum Gasteiger partial charge on any atom is 0.310 e. The number of methoxy groups -OCH3 is 1. The van der Waals surface area contributed by atoms with Crippen LogP contribution >= 0.6 is 0 Å². The molecule has 0 aliphatic heterocycles. The van der Waals surface area contributed by atoms with Crippen LogP contribution in [-0.4, -0.2) is 35.5 Å². The molecular weight excluding hydrogens is 416 g/mol. The lowest BCUT2D eigenvalue weighted by Gasteiger charge is -2.25. The van der Waals surface area contributed by atoms with E-state index in [0.717, 1.165) is 34.8 Å². The number of ether oxygens (including phenoxy) is 3. The van der Waals surface area contributed by atoms with Gasteiger partial charge in [-0.2, -0.15) is 5.10 Å². The van der Waals surface area contributed by atoms with Gasteiger partial charge in [0.25, 0.3) is 0 Å². The highest BCUT2D eigenvalue weighted by atomic mass is 16.6. The minimum Gasteiger partial charge on any atom is -0.496 e. The summed E-state index contributed by atoms with van der Waals surface area (Å²) in [4.78, 5) is 12.5. The largest absolute Gasteiger partial charge is 0.496 e. The van der Waals surface area contributed by atoms with Crippen LogP contribution in [0.15, 0.2) is 30.5 Å². The molecule has 6 nitrogen and oxygen atoms in total. The Morgan fingerprint density at radius 2 is 1.85 bits per heavy atom. The Hall–Kier alpha value is -2.63. The Labute approximate surface area is 197 Å². The zero-order chi connectivity index (χ0) is 23.6. The summed E-state index contributed by atoms with van der Waals surface area (Å²) in [6, 6.07) is 8.01. The average Bonchev–Trinajstić information content (AvgIpc) is 3.58. The number of carbonyl (C=O) groups is 1. The summed E-state index contributed by atoms with van der Waals surface area (Å²) in [6.07, 6.45) is 7.52. The van der Waals surface area contributed by atoms with E-state index in [9.17, 15) is 4.79 Å². The molecule has 33 heavy (non-hydrogen) atoms. The molecule has 2 atom stereocenters. The van der Waals surface area contributed by atoms with Crippen LogP contribution in [0, 0.1) is 17.8 Å². The molecule has 0 amide bonds. The van der Waals surface area contributed by atoms with Crippen molar-refractivity contribution in [2.75, 3.05) is 13.7 Å². The Bertz CT molecular complexity index is 976. The predicted molar refractivity (Wildman–Crippen MR) is 127 cm³/mol. The van der Waals surface area contributed by atoms with Crippen LogP contribution in [0.2, 0.25) is 0 Å². The van der Waals surface area contributed by atoms with Crippen LogP contribution in [0.1, 0.15) is 71.3 Å². The van der Waals surface area contributed by atoms with Gasteiger partial charge in [0.05, 0.1) is 25.8 Å². The van der Waals surface area contributed by atoms with Gasteiger partial charge in [-0.1, -0.05) is 25.8 Å². The van der Waals surface area contributed by atoms with E-state index in [2.05, 4.69) is 23.2 Å². The molecule has 0 spiro atoms. The van der Waals surface area contributed by atoms with Crippen molar-refractivity contribution in [2.45, 2.75) is 71.3 Å². The molecule has 2 aromatic rings. The van der Waals surface area contributed by atoms with Crippen LogP contribution in [-0.2, 0) is 9.53 Å². The first-order chi connectivity index (χ1) is 15.7. The maximum absolute atomic E-state index is 12.5. The number of benzene rings is 1. The summed E-state index contributed by atoms with van der Waals surface area (Å²) >= 11 is 0. The second kappa shape index (κ2) is 9.70. The fourth-order valence-corrected chi connectivity index (χ4v) is 4.65. The summed E-state index contributed by atoms with van der Waals surface area (Å²) in [5.74, 6) is 2.61. The van der Waals surface area contributed by atoms with Gasteiger partial charge in [0.1, 0.15) is 11.4 Å². The zero-order valence-electron chi connectivity index (χ0n) is 20.5. The minimum atomic E-state index is -0.481. The van der Waals surface area contributed by atoms with E-state index >= 15 is 0 Å². The van der Waals surface area contributed by atoms with E-state index in [4.69, 9.17) is 14.2 Å².